The molecular formula is C23H23N3O2. The Hall–Kier alpha value is -3.34. The van der Waals surface area contributed by atoms with Crippen molar-refractivity contribution in [2.45, 2.75) is 19.4 Å². The summed E-state index contributed by atoms with van der Waals surface area (Å²) >= 11 is 0. The molecule has 2 aromatic heterocycles. The normalized spacial score (nSPS) is 10.9. The summed E-state index contributed by atoms with van der Waals surface area (Å²) in [7, 11) is 1.68. The molecule has 4 rings (SSSR count). The van der Waals surface area contributed by atoms with Crippen molar-refractivity contribution in [2.75, 3.05) is 13.7 Å². The quantitative estimate of drug-likeness (QED) is 0.427. The van der Waals surface area contributed by atoms with Crippen LogP contribution in [0, 0.1) is 0 Å². The average molecular weight is 373 g/mol. The number of hydrogen-bond acceptors (Lipinski definition) is 4. The first-order valence-electron chi connectivity index (χ1n) is 9.43. The van der Waals surface area contributed by atoms with E-state index in [1.165, 1.54) is 5.56 Å². The molecule has 0 spiro atoms. The molecule has 142 valence electrons. The second kappa shape index (κ2) is 8.57. The summed E-state index contributed by atoms with van der Waals surface area (Å²) in [5, 5.41) is 0. The zero-order valence-electron chi connectivity index (χ0n) is 15.9. The molecule has 0 atom stereocenters. The summed E-state index contributed by atoms with van der Waals surface area (Å²) in [5.41, 5.74) is 3.40. The molecule has 2 heterocycles. The Morgan fingerprint density at radius 2 is 1.79 bits per heavy atom. The molecule has 0 bridgehead atoms. The average Bonchev–Trinajstić information content (AvgIpc) is 3.09. The molecule has 5 nitrogen and oxygen atoms in total. The SMILES string of the molecule is COc1ccc(Cc2nc3ccccc3n2CCCOc2cccnc2)cc1. The first kappa shape index (κ1) is 18.0. The fourth-order valence-electron chi connectivity index (χ4n) is 3.28. The number of hydrogen-bond donors (Lipinski definition) is 0. The third-order valence-electron chi connectivity index (χ3n) is 4.68. The zero-order valence-corrected chi connectivity index (χ0v) is 15.9. The van der Waals surface area contributed by atoms with E-state index >= 15 is 0 Å². The number of fused-ring (bicyclic) bond motifs is 1. The molecule has 0 aliphatic rings. The van der Waals surface area contributed by atoms with Crippen LogP contribution in [0.15, 0.2) is 73.1 Å². The van der Waals surface area contributed by atoms with E-state index in [2.05, 4.69) is 39.9 Å². The maximum atomic E-state index is 5.79. The molecule has 0 unspecified atom stereocenters. The molecule has 0 aliphatic heterocycles. The minimum Gasteiger partial charge on any atom is -0.497 e. The van der Waals surface area contributed by atoms with Gasteiger partial charge in [0.25, 0.3) is 0 Å². The van der Waals surface area contributed by atoms with Gasteiger partial charge in [-0.3, -0.25) is 4.98 Å². The van der Waals surface area contributed by atoms with Gasteiger partial charge in [0.15, 0.2) is 0 Å². The van der Waals surface area contributed by atoms with Crippen molar-refractivity contribution in [2.24, 2.45) is 0 Å². The lowest BCUT2D eigenvalue weighted by Gasteiger charge is -2.11. The van der Waals surface area contributed by atoms with Crippen LogP contribution >= 0.6 is 0 Å². The maximum absolute atomic E-state index is 5.79. The topological polar surface area (TPSA) is 49.2 Å². The molecule has 0 saturated carbocycles. The molecule has 28 heavy (non-hydrogen) atoms. The van der Waals surface area contributed by atoms with Crippen molar-refractivity contribution in [3.8, 4) is 11.5 Å². The molecule has 2 aromatic carbocycles. The van der Waals surface area contributed by atoms with E-state index in [1.54, 1.807) is 19.5 Å². The second-order valence-corrected chi connectivity index (χ2v) is 6.58. The number of rotatable bonds is 8. The highest BCUT2D eigenvalue weighted by molar-refractivity contribution is 5.76. The van der Waals surface area contributed by atoms with Gasteiger partial charge in [0.1, 0.15) is 17.3 Å². The van der Waals surface area contributed by atoms with Crippen LogP contribution in [0.3, 0.4) is 0 Å². The van der Waals surface area contributed by atoms with Gasteiger partial charge < -0.3 is 14.0 Å². The van der Waals surface area contributed by atoms with Crippen LogP contribution < -0.4 is 9.47 Å². The van der Waals surface area contributed by atoms with Gasteiger partial charge in [-0.15, -0.1) is 0 Å². The number of nitrogens with zero attached hydrogens (tertiary/aromatic N) is 3. The number of para-hydroxylation sites is 2. The third kappa shape index (κ3) is 4.14. The van der Waals surface area contributed by atoms with E-state index in [-0.39, 0.29) is 0 Å². The fourth-order valence-corrected chi connectivity index (χ4v) is 3.28. The highest BCUT2D eigenvalue weighted by atomic mass is 16.5. The van der Waals surface area contributed by atoms with Crippen molar-refractivity contribution in [1.82, 2.24) is 14.5 Å². The van der Waals surface area contributed by atoms with E-state index in [4.69, 9.17) is 14.5 Å². The van der Waals surface area contributed by atoms with Crippen molar-refractivity contribution >= 4 is 11.0 Å². The minimum absolute atomic E-state index is 0.639. The summed E-state index contributed by atoms with van der Waals surface area (Å²) in [6.45, 7) is 1.49. The van der Waals surface area contributed by atoms with Crippen molar-refractivity contribution in [1.29, 1.82) is 0 Å². The van der Waals surface area contributed by atoms with E-state index in [1.807, 2.05) is 30.3 Å². The summed E-state index contributed by atoms with van der Waals surface area (Å²) in [6.07, 6.45) is 5.16. The molecule has 0 N–H and O–H groups in total. The van der Waals surface area contributed by atoms with Crippen LogP contribution in [0.2, 0.25) is 0 Å². The predicted octanol–water partition coefficient (Wildman–Crippen LogP) is 4.50. The molecule has 0 aliphatic carbocycles. The molecule has 0 amide bonds. The highest BCUT2D eigenvalue weighted by Crippen LogP contribution is 2.20. The molecular weight excluding hydrogens is 350 g/mol. The van der Waals surface area contributed by atoms with Gasteiger partial charge in [-0.2, -0.15) is 0 Å². The van der Waals surface area contributed by atoms with Crippen molar-refractivity contribution in [3.05, 3.63) is 84.4 Å². The zero-order chi connectivity index (χ0) is 19.2. The van der Waals surface area contributed by atoms with Gasteiger partial charge in [-0.05, 0) is 48.4 Å². The number of aromatic nitrogens is 3. The maximum Gasteiger partial charge on any atom is 0.137 e. The monoisotopic (exact) mass is 373 g/mol. The lowest BCUT2D eigenvalue weighted by atomic mass is 10.1. The summed E-state index contributed by atoms with van der Waals surface area (Å²) in [6, 6.07) is 20.3. The van der Waals surface area contributed by atoms with Gasteiger partial charge >= 0.3 is 0 Å². The molecule has 0 radical (unpaired) electrons. The smallest absolute Gasteiger partial charge is 0.137 e. The van der Waals surface area contributed by atoms with Gasteiger partial charge in [0.2, 0.25) is 0 Å². The standard InChI is InChI=1S/C23H23N3O2/c1-27-19-11-9-18(10-12-19)16-23-25-21-7-2-3-8-22(21)26(23)14-5-15-28-20-6-4-13-24-17-20/h2-4,6-13,17H,5,14-16H2,1H3. The van der Waals surface area contributed by atoms with E-state index in [9.17, 15) is 0 Å². The minimum atomic E-state index is 0.639. The first-order valence-corrected chi connectivity index (χ1v) is 9.43. The van der Waals surface area contributed by atoms with Gasteiger partial charge in [0.05, 0.1) is 30.9 Å². The number of pyridine rings is 1. The number of imidazole rings is 1. The Morgan fingerprint density at radius 1 is 0.929 bits per heavy atom. The van der Waals surface area contributed by atoms with Crippen molar-refractivity contribution < 1.29 is 9.47 Å². The van der Waals surface area contributed by atoms with Crippen LogP contribution in [-0.4, -0.2) is 28.3 Å². The molecule has 0 saturated heterocycles. The van der Waals surface area contributed by atoms with Crippen molar-refractivity contribution in [3.63, 3.8) is 0 Å². The Morgan fingerprint density at radius 3 is 2.57 bits per heavy atom. The fraction of sp³-hybridized carbons (Fsp3) is 0.217. The van der Waals surface area contributed by atoms with Gasteiger partial charge in [-0.25, -0.2) is 4.98 Å². The van der Waals surface area contributed by atoms with Crippen LogP contribution in [0.4, 0.5) is 0 Å². The van der Waals surface area contributed by atoms with Gasteiger partial charge in [0, 0.05) is 19.2 Å². The van der Waals surface area contributed by atoms with Crippen LogP contribution in [-0.2, 0) is 13.0 Å². The molecule has 0 fully saturated rings. The third-order valence-corrected chi connectivity index (χ3v) is 4.68. The second-order valence-electron chi connectivity index (χ2n) is 6.58. The van der Waals surface area contributed by atoms with E-state index in [0.29, 0.717) is 6.61 Å². The Balaban J connectivity index is 1.49. The van der Waals surface area contributed by atoms with Crippen LogP contribution in [0.5, 0.6) is 11.5 Å². The Kier molecular flexibility index (Phi) is 5.52. The van der Waals surface area contributed by atoms with Gasteiger partial charge in [-0.1, -0.05) is 24.3 Å². The van der Waals surface area contributed by atoms with Crippen LogP contribution in [0.1, 0.15) is 17.8 Å². The summed E-state index contributed by atoms with van der Waals surface area (Å²) in [5.74, 6) is 2.73. The summed E-state index contributed by atoms with van der Waals surface area (Å²) in [4.78, 5) is 8.95. The highest BCUT2D eigenvalue weighted by Gasteiger charge is 2.11. The first-order chi connectivity index (χ1) is 13.8. The van der Waals surface area contributed by atoms with Crippen LogP contribution in [0.25, 0.3) is 11.0 Å². The lowest BCUT2D eigenvalue weighted by Crippen LogP contribution is -2.08. The lowest BCUT2D eigenvalue weighted by molar-refractivity contribution is 0.301. The number of benzene rings is 2. The molecule has 5 heteroatoms. The summed E-state index contributed by atoms with van der Waals surface area (Å²) < 4.78 is 13.3. The Labute approximate surface area is 164 Å². The Bertz CT molecular complexity index is 1030. The number of methoxy groups -OCH3 is 1. The molecule has 4 aromatic rings. The number of ether oxygens (including phenoxy) is 2. The van der Waals surface area contributed by atoms with E-state index in [0.717, 1.165) is 47.7 Å². The predicted molar refractivity (Wildman–Crippen MR) is 110 cm³/mol. The largest absolute Gasteiger partial charge is 0.497 e. The van der Waals surface area contributed by atoms with E-state index < -0.39 is 0 Å². The number of aryl methyl sites for hydroxylation is 1.